The highest BCUT2D eigenvalue weighted by atomic mass is 32.2. The van der Waals surface area contributed by atoms with Crippen LogP contribution in [0.2, 0.25) is 0 Å². The lowest BCUT2D eigenvalue weighted by molar-refractivity contribution is 0.0169. The fraction of sp³-hybridized carbons (Fsp3) is 0.588. The Morgan fingerprint density at radius 3 is 2.72 bits per heavy atom. The first-order valence-electron chi connectivity index (χ1n) is 8.49. The molecular weight excluding hydrogens is 346 g/mol. The highest BCUT2D eigenvalue weighted by molar-refractivity contribution is 7.89. The van der Waals surface area contributed by atoms with E-state index in [0.29, 0.717) is 25.2 Å². The van der Waals surface area contributed by atoms with Crippen molar-refractivity contribution >= 4 is 16.0 Å². The molecule has 0 amide bonds. The number of rotatable bonds is 10. The third-order valence-corrected chi connectivity index (χ3v) is 5.24. The van der Waals surface area contributed by atoms with Crippen LogP contribution in [0.15, 0.2) is 29.2 Å². The van der Waals surface area contributed by atoms with Crippen LogP contribution in [0.1, 0.15) is 36.5 Å². The first kappa shape index (κ1) is 19.8. The van der Waals surface area contributed by atoms with Crippen LogP contribution in [0.3, 0.4) is 0 Å². The van der Waals surface area contributed by atoms with Gasteiger partial charge in [-0.05, 0) is 50.5 Å². The van der Waals surface area contributed by atoms with E-state index in [1.165, 1.54) is 24.3 Å². The summed E-state index contributed by atoms with van der Waals surface area (Å²) in [6.07, 6.45) is 2.85. The quantitative estimate of drug-likeness (QED) is 0.497. The summed E-state index contributed by atoms with van der Waals surface area (Å²) in [5.74, 6) is -0.470. The van der Waals surface area contributed by atoms with Gasteiger partial charge in [-0.25, -0.2) is 17.9 Å². The van der Waals surface area contributed by atoms with Crippen LogP contribution in [-0.2, 0) is 24.2 Å². The van der Waals surface area contributed by atoms with E-state index in [-0.39, 0.29) is 24.2 Å². The van der Waals surface area contributed by atoms with Crippen LogP contribution in [0.5, 0.6) is 0 Å². The summed E-state index contributed by atoms with van der Waals surface area (Å²) in [7, 11) is -3.60. The molecule has 0 bridgehead atoms. The number of hydrogen-bond donors (Lipinski definition) is 1. The Balaban J connectivity index is 1.72. The lowest BCUT2D eigenvalue weighted by atomic mass is 10.2. The van der Waals surface area contributed by atoms with Gasteiger partial charge in [0.05, 0.1) is 29.8 Å². The predicted molar refractivity (Wildman–Crippen MR) is 92.0 cm³/mol. The third kappa shape index (κ3) is 6.39. The molecule has 1 atom stereocenters. The molecule has 0 aliphatic carbocycles. The van der Waals surface area contributed by atoms with E-state index in [1.54, 1.807) is 6.92 Å². The lowest BCUT2D eigenvalue weighted by Gasteiger charge is -2.10. The standard InChI is InChI=1S/C17H25NO6S/c1-2-23-17(19)14-6-8-16(9-7-14)25(20,21)18-10-4-11-22-13-15-5-3-12-24-15/h6-9,15,18H,2-5,10-13H2,1H3. The molecule has 0 radical (unpaired) electrons. The van der Waals surface area contributed by atoms with E-state index in [1.807, 2.05) is 0 Å². The van der Waals surface area contributed by atoms with Gasteiger partial charge in [-0.3, -0.25) is 0 Å². The van der Waals surface area contributed by atoms with Crippen LogP contribution < -0.4 is 4.72 Å². The van der Waals surface area contributed by atoms with E-state index in [2.05, 4.69) is 4.72 Å². The Hall–Kier alpha value is -1.48. The molecule has 1 aromatic rings. The summed E-state index contributed by atoms with van der Waals surface area (Å²) < 4.78 is 42.7. The fourth-order valence-electron chi connectivity index (χ4n) is 2.44. The molecule has 1 unspecified atom stereocenters. The van der Waals surface area contributed by atoms with Crippen molar-refractivity contribution in [3.05, 3.63) is 29.8 Å². The zero-order valence-electron chi connectivity index (χ0n) is 14.4. The van der Waals surface area contributed by atoms with E-state index >= 15 is 0 Å². The topological polar surface area (TPSA) is 90.9 Å². The minimum absolute atomic E-state index is 0.112. The van der Waals surface area contributed by atoms with Gasteiger partial charge in [-0.2, -0.15) is 0 Å². The first-order valence-corrected chi connectivity index (χ1v) is 9.97. The van der Waals surface area contributed by atoms with Gasteiger partial charge >= 0.3 is 5.97 Å². The maximum atomic E-state index is 12.2. The number of carbonyl (C=O) groups excluding carboxylic acids is 1. The maximum Gasteiger partial charge on any atom is 0.338 e. The summed E-state index contributed by atoms with van der Waals surface area (Å²) in [5, 5.41) is 0. The van der Waals surface area contributed by atoms with Crippen molar-refractivity contribution in [1.82, 2.24) is 4.72 Å². The SMILES string of the molecule is CCOC(=O)c1ccc(S(=O)(=O)NCCCOCC2CCCO2)cc1. The smallest absolute Gasteiger partial charge is 0.338 e. The number of sulfonamides is 1. The monoisotopic (exact) mass is 371 g/mol. The molecule has 0 saturated carbocycles. The number of esters is 1. The molecule has 7 nitrogen and oxygen atoms in total. The van der Waals surface area contributed by atoms with Crippen molar-refractivity contribution in [2.75, 3.05) is 33.0 Å². The zero-order chi connectivity index (χ0) is 18.1. The molecule has 1 saturated heterocycles. The highest BCUT2D eigenvalue weighted by Crippen LogP contribution is 2.13. The van der Waals surface area contributed by atoms with E-state index < -0.39 is 16.0 Å². The van der Waals surface area contributed by atoms with Crippen LogP contribution in [-0.4, -0.2) is 53.5 Å². The molecule has 1 fully saturated rings. The molecule has 8 heteroatoms. The number of hydrogen-bond acceptors (Lipinski definition) is 6. The normalized spacial score (nSPS) is 17.6. The van der Waals surface area contributed by atoms with Crippen molar-refractivity contribution in [3.63, 3.8) is 0 Å². The second kappa shape index (κ2) is 9.86. The largest absolute Gasteiger partial charge is 0.462 e. The van der Waals surface area contributed by atoms with Gasteiger partial charge in [-0.15, -0.1) is 0 Å². The Bertz CT molecular complexity index is 638. The molecule has 0 spiro atoms. The van der Waals surface area contributed by atoms with E-state index in [9.17, 15) is 13.2 Å². The lowest BCUT2D eigenvalue weighted by Crippen LogP contribution is -2.26. The molecule has 1 heterocycles. The van der Waals surface area contributed by atoms with Crippen LogP contribution in [0, 0.1) is 0 Å². The summed E-state index contributed by atoms with van der Waals surface area (Å²) in [4.78, 5) is 11.7. The predicted octanol–water partition coefficient (Wildman–Crippen LogP) is 1.73. The average Bonchev–Trinajstić information content (AvgIpc) is 3.12. The molecule has 0 aromatic heterocycles. The molecule has 1 N–H and O–H groups in total. The van der Waals surface area contributed by atoms with Crippen molar-refractivity contribution in [3.8, 4) is 0 Å². The first-order chi connectivity index (χ1) is 12.0. The van der Waals surface area contributed by atoms with Gasteiger partial charge in [0.25, 0.3) is 0 Å². The number of benzene rings is 1. The van der Waals surface area contributed by atoms with Crippen molar-refractivity contribution < 1.29 is 27.4 Å². The van der Waals surface area contributed by atoms with Crippen LogP contribution in [0.4, 0.5) is 0 Å². The Morgan fingerprint density at radius 1 is 1.32 bits per heavy atom. The molecule has 2 rings (SSSR count). The van der Waals surface area contributed by atoms with E-state index in [0.717, 1.165) is 19.4 Å². The van der Waals surface area contributed by atoms with Gasteiger partial charge in [0, 0.05) is 19.8 Å². The van der Waals surface area contributed by atoms with Crippen molar-refractivity contribution in [1.29, 1.82) is 0 Å². The van der Waals surface area contributed by atoms with Gasteiger partial charge in [0.1, 0.15) is 0 Å². The van der Waals surface area contributed by atoms with Gasteiger partial charge < -0.3 is 14.2 Å². The van der Waals surface area contributed by atoms with Crippen molar-refractivity contribution in [2.24, 2.45) is 0 Å². The number of nitrogens with one attached hydrogen (secondary N) is 1. The number of ether oxygens (including phenoxy) is 3. The second-order valence-electron chi connectivity index (χ2n) is 5.71. The Morgan fingerprint density at radius 2 is 2.08 bits per heavy atom. The molecular formula is C17H25NO6S. The maximum absolute atomic E-state index is 12.2. The summed E-state index contributed by atoms with van der Waals surface area (Å²) >= 11 is 0. The zero-order valence-corrected chi connectivity index (χ0v) is 15.2. The summed E-state index contributed by atoms with van der Waals surface area (Å²) in [6, 6.07) is 5.67. The average molecular weight is 371 g/mol. The van der Waals surface area contributed by atoms with Crippen LogP contribution >= 0.6 is 0 Å². The minimum Gasteiger partial charge on any atom is -0.462 e. The summed E-state index contributed by atoms with van der Waals surface area (Å²) in [5.41, 5.74) is 0.323. The van der Waals surface area contributed by atoms with Crippen molar-refractivity contribution in [2.45, 2.75) is 37.2 Å². The van der Waals surface area contributed by atoms with Gasteiger partial charge in [-0.1, -0.05) is 0 Å². The molecule has 1 aliphatic heterocycles. The van der Waals surface area contributed by atoms with E-state index in [4.69, 9.17) is 14.2 Å². The Kier molecular flexibility index (Phi) is 7.83. The molecule has 140 valence electrons. The fourth-order valence-corrected chi connectivity index (χ4v) is 3.51. The second-order valence-corrected chi connectivity index (χ2v) is 7.47. The third-order valence-electron chi connectivity index (χ3n) is 3.76. The highest BCUT2D eigenvalue weighted by Gasteiger charge is 2.16. The Labute approximate surface area is 148 Å². The molecule has 1 aliphatic rings. The molecule has 1 aromatic carbocycles. The van der Waals surface area contributed by atoms with Gasteiger partial charge in [0.2, 0.25) is 10.0 Å². The van der Waals surface area contributed by atoms with Crippen LogP contribution in [0.25, 0.3) is 0 Å². The minimum atomic E-state index is -3.60. The number of carbonyl (C=O) groups is 1. The molecule has 25 heavy (non-hydrogen) atoms. The van der Waals surface area contributed by atoms with Gasteiger partial charge in [0.15, 0.2) is 0 Å². The summed E-state index contributed by atoms with van der Waals surface area (Å²) in [6.45, 7) is 4.10.